The number of imide groups is 1. The minimum absolute atomic E-state index is 0.109. The van der Waals surface area contributed by atoms with Gasteiger partial charge in [0.05, 0.1) is 50.5 Å². The number of sulfonamides is 1. The van der Waals surface area contributed by atoms with Crippen molar-refractivity contribution in [2.24, 2.45) is 5.92 Å². The predicted molar refractivity (Wildman–Crippen MR) is 234 cm³/mol. The second kappa shape index (κ2) is 18.0. The van der Waals surface area contributed by atoms with Crippen molar-refractivity contribution in [3.8, 4) is 21.8 Å². The lowest BCUT2D eigenvalue weighted by Gasteiger charge is -2.40. The summed E-state index contributed by atoms with van der Waals surface area (Å²) in [5.74, 6) is 0.119. The largest absolute Gasteiger partial charge is 0.372 e. The minimum Gasteiger partial charge on any atom is -0.372 e. The van der Waals surface area contributed by atoms with E-state index < -0.39 is 15.8 Å². The van der Waals surface area contributed by atoms with Gasteiger partial charge in [0, 0.05) is 69.7 Å². The molecule has 14 nitrogen and oxygen atoms in total. The van der Waals surface area contributed by atoms with Crippen molar-refractivity contribution >= 4 is 62.0 Å². The summed E-state index contributed by atoms with van der Waals surface area (Å²) in [6.07, 6.45) is 7.13. The third kappa shape index (κ3) is 9.58. The zero-order valence-corrected chi connectivity index (χ0v) is 35.4. The number of thiazole rings is 1. The van der Waals surface area contributed by atoms with Crippen LogP contribution in [0.2, 0.25) is 0 Å². The number of nitrogens with one attached hydrogen (secondary N) is 3. The highest BCUT2D eigenvalue weighted by Crippen LogP contribution is 2.39. The van der Waals surface area contributed by atoms with Crippen molar-refractivity contribution in [2.75, 3.05) is 71.4 Å². The number of pyridine rings is 1. The lowest BCUT2D eigenvalue weighted by Crippen LogP contribution is -2.49. The quantitative estimate of drug-likeness (QED) is 0.109. The Hall–Kier alpha value is -5.52. The van der Waals surface area contributed by atoms with Gasteiger partial charge in [0.25, 0.3) is 0 Å². The Bertz CT molecular complexity index is 2430. The summed E-state index contributed by atoms with van der Waals surface area (Å²) in [6.45, 7) is 10.5. The molecule has 17 heteroatoms. The Kier molecular flexibility index (Phi) is 12.4. The summed E-state index contributed by atoms with van der Waals surface area (Å²) in [7, 11) is -3.69. The fourth-order valence-corrected chi connectivity index (χ4v) is 10.3. The summed E-state index contributed by atoms with van der Waals surface area (Å²) in [6, 6.07) is 18.6. The lowest BCUT2D eigenvalue weighted by atomic mass is 9.90. The fraction of sp³-hybridized carbons (Fsp3) is 0.395. The van der Waals surface area contributed by atoms with Gasteiger partial charge in [-0.05, 0) is 86.6 Å². The predicted octanol–water partition coefficient (Wildman–Crippen LogP) is 6.56. The van der Waals surface area contributed by atoms with Gasteiger partial charge in [0.2, 0.25) is 27.8 Å². The summed E-state index contributed by atoms with van der Waals surface area (Å²) in [4.78, 5) is 50.2. The second-order valence-corrected chi connectivity index (χ2v) is 18.6. The van der Waals surface area contributed by atoms with E-state index in [2.05, 4.69) is 63.2 Å². The molecule has 2 amide bonds. The molecule has 0 saturated carbocycles. The minimum atomic E-state index is -3.69. The number of benzene rings is 2. The van der Waals surface area contributed by atoms with Gasteiger partial charge in [-0.2, -0.15) is 0 Å². The van der Waals surface area contributed by atoms with Crippen LogP contribution < -0.4 is 25.2 Å². The molecule has 0 radical (unpaired) electrons. The molecule has 8 rings (SSSR count). The smallest absolute Gasteiger partial charge is 0.234 e. The summed E-state index contributed by atoms with van der Waals surface area (Å²) in [5.41, 5.74) is 4.17. The van der Waals surface area contributed by atoms with Crippen LogP contribution in [-0.2, 0) is 19.6 Å². The first kappa shape index (κ1) is 41.2. The van der Waals surface area contributed by atoms with E-state index in [4.69, 9.17) is 4.98 Å². The van der Waals surface area contributed by atoms with Crippen LogP contribution in [0.5, 0.6) is 0 Å². The molecule has 314 valence electrons. The molecular formula is C43H49FN10O4S2. The molecule has 3 aromatic heterocycles. The average Bonchev–Trinajstić information content (AvgIpc) is 3.64. The third-order valence-corrected chi connectivity index (χ3v) is 13.8. The standard InChI is InChI=1S/C43H49FN10O4S2/c1-3-25-60(57,58)51-35-6-4-5-34(39(35)44)40-41(59-28(2)47-40)36-15-18-45-43(48-36)49-37-13-11-32(26-46-37)54-23-21-52(22-24-54)27-29-16-19-53(20-17-29)31-9-7-30(8-10-31)33-12-14-38(55)50-42(33)56/h4-11,13,15,18,26,29,33,51H,3,12,14,16-17,19-25,27H2,1-2H3,(H,50,55,56)(H,45,46,48,49)/t33-/m1/s1. The van der Waals surface area contributed by atoms with E-state index in [-0.39, 0.29) is 34.7 Å². The van der Waals surface area contributed by atoms with E-state index in [0.717, 1.165) is 69.9 Å². The number of halogens is 1. The molecule has 3 fully saturated rings. The molecule has 0 unspecified atom stereocenters. The summed E-state index contributed by atoms with van der Waals surface area (Å²) >= 11 is 1.37. The van der Waals surface area contributed by atoms with Crippen LogP contribution in [0.4, 0.5) is 33.2 Å². The van der Waals surface area contributed by atoms with E-state index in [0.29, 0.717) is 58.2 Å². The van der Waals surface area contributed by atoms with Crippen molar-refractivity contribution in [1.82, 2.24) is 30.2 Å². The van der Waals surface area contributed by atoms with Gasteiger partial charge in [-0.3, -0.25) is 24.5 Å². The molecule has 0 spiro atoms. The number of carbonyl (C=O) groups is 2. The Morgan fingerprint density at radius 1 is 0.883 bits per heavy atom. The molecular weight excluding hydrogens is 804 g/mol. The highest BCUT2D eigenvalue weighted by molar-refractivity contribution is 7.92. The number of hydrogen-bond donors (Lipinski definition) is 3. The van der Waals surface area contributed by atoms with Gasteiger partial charge >= 0.3 is 0 Å². The van der Waals surface area contributed by atoms with E-state index in [1.807, 2.05) is 31.3 Å². The molecule has 60 heavy (non-hydrogen) atoms. The average molecular weight is 853 g/mol. The van der Waals surface area contributed by atoms with Crippen molar-refractivity contribution in [3.05, 3.63) is 89.4 Å². The number of rotatable bonds is 13. The number of anilines is 5. The maximum Gasteiger partial charge on any atom is 0.234 e. The molecule has 1 atom stereocenters. The summed E-state index contributed by atoms with van der Waals surface area (Å²) in [5, 5.41) is 6.36. The number of piperazine rings is 1. The number of nitrogens with zero attached hydrogens (tertiary/aromatic N) is 7. The van der Waals surface area contributed by atoms with Crippen molar-refractivity contribution in [2.45, 2.75) is 51.9 Å². The Morgan fingerprint density at radius 3 is 2.35 bits per heavy atom. The summed E-state index contributed by atoms with van der Waals surface area (Å²) < 4.78 is 42.9. The first-order chi connectivity index (χ1) is 29.0. The number of aromatic nitrogens is 4. The van der Waals surface area contributed by atoms with Gasteiger partial charge in [-0.25, -0.2) is 32.7 Å². The number of aryl methyl sites for hydroxylation is 1. The van der Waals surface area contributed by atoms with Crippen LogP contribution in [0.1, 0.15) is 55.5 Å². The highest BCUT2D eigenvalue weighted by atomic mass is 32.2. The zero-order valence-electron chi connectivity index (χ0n) is 33.7. The Labute approximate surface area is 353 Å². The van der Waals surface area contributed by atoms with Crippen LogP contribution in [0.25, 0.3) is 21.8 Å². The SMILES string of the molecule is CCCS(=O)(=O)Nc1cccc(-c2nc(C)sc2-c2ccnc(Nc3ccc(N4CCN(CC5CCN(c6ccc([C@H]7CCC(=O)NC7=O)cc6)CC5)CC4)cn3)n2)c1F. The van der Waals surface area contributed by atoms with E-state index >= 15 is 4.39 Å². The highest BCUT2D eigenvalue weighted by Gasteiger charge is 2.29. The van der Waals surface area contributed by atoms with Gasteiger partial charge in [0.15, 0.2) is 5.82 Å². The molecule has 0 bridgehead atoms. The normalized spacial score (nSPS) is 18.1. The van der Waals surface area contributed by atoms with Crippen LogP contribution in [0, 0.1) is 18.7 Å². The van der Waals surface area contributed by atoms with Crippen LogP contribution in [0.3, 0.4) is 0 Å². The van der Waals surface area contributed by atoms with E-state index in [1.54, 1.807) is 31.3 Å². The molecule has 2 aromatic carbocycles. The molecule has 3 N–H and O–H groups in total. The Balaban J connectivity index is 0.824. The monoisotopic (exact) mass is 852 g/mol. The van der Waals surface area contributed by atoms with Gasteiger partial charge in [-0.15, -0.1) is 11.3 Å². The van der Waals surface area contributed by atoms with E-state index in [1.165, 1.54) is 23.1 Å². The third-order valence-electron chi connectivity index (χ3n) is 11.4. The van der Waals surface area contributed by atoms with Gasteiger partial charge in [-0.1, -0.05) is 25.1 Å². The lowest BCUT2D eigenvalue weighted by molar-refractivity contribution is -0.134. The molecule has 5 aromatic rings. The molecule has 3 aliphatic rings. The molecule has 6 heterocycles. The van der Waals surface area contributed by atoms with Crippen LogP contribution in [-0.4, -0.2) is 96.6 Å². The number of hydrogen-bond acceptors (Lipinski definition) is 13. The van der Waals surface area contributed by atoms with Crippen LogP contribution >= 0.6 is 11.3 Å². The molecule has 0 aliphatic carbocycles. The fourth-order valence-electron chi connectivity index (χ4n) is 8.23. The molecule has 3 aliphatic heterocycles. The first-order valence-corrected chi connectivity index (χ1v) is 23.0. The van der Waals surface area contributed by atoms with Crippen molar-refractivity contribution in [1.29, 1.82) is 0 Å². The number of carbonyl (C=O) groups excluding carboxylic acids is 2. The molecule has 3 saturated heterocycles. The van der Waals surface area contributed by atoms with Crippen LogP contribution in [0.15, 0.2) is 73.1 Å². The van der Waals surface area contributed by atoms with Gasteiger partial charge < -0.3 is 15.1 Å². The topological polar surface area (TPSA) is 166 Å². The van der Waals surface area contributed by atoms with E-state index in [9.17, 15) is 18.0 Å². The first-order valence-electron chi connectivity index (χ1n) is 20.5. The Morgan fingerprint density at radius 2 is 1.63 bits per heavy atom. The van der Waals surface area contributed by atoms with Crippen molar-refractivity contribution < 1.29 is 22.4 Å². The van der Waals surface area contributed by atoms with Crippen molar-refractivity contribution in [3.63, 3.8) is 0 Å². The van der Waals surface area contributed by atoms with Gasteiger partial charge in [0.1, 0.15) is 5.82 Å². The number of amides is 2. The zero-order chi connectivity index (χ0) is 41.8. The maximum absolute atomic E-state index is 15.8. The number of piperidine rings is 2. The maximum atomic E-state index is 15.8. The second-order valence-electron chi connectivity index (χ2n) is 15.6.